The van der Waals surface area contributed by atoms with Crippen molar-refractivity contribution in [2.75, 3.05) is 5.73 Å². The zero-order valence-electron chi connectivity index (χ0n) is 5.52. The highest BCUT2D eigenvalue weighted by Gasteiger charge is 2.03. The highest BCUT2D eigenvalue weighted by Crippen LogP contribution is 2.01. The quantitative estimate of drug-likeness (QED) is 0.594. The molecular weight excluding hydrogens is 146 g/mol. The number of carbonyl (C=O) groups is 1. The first-order chi connectivity index (χ1) is 5.24. The van der Waals surface area contributed by atoms with Gasteiger partial charge in [-0.05, 0) is 12.1 Å². The number of nitroso groups, excluding NO2 is 1. The Hall–Kier alpha value is -1.78. The molecule has 0 saturated carbocycles. The lowest BCUT2D eigenvalue weighted by atomic mass is 10.3. The van der Waals surface area contributed by atoms with Gasteiger partial charge in [-0.2, -0.15) is 0 Å². The molecule has 0 unspecified atom stereocenters. The van der Waals surface area contributed by atoms with Crippen LogP contribution in [-0.2, 0) is 0 Å². The monoisotopic (exact) mass is 151 g/mol. The van der Waals surface area contributed by atoms with E-state index in [0.29, 0.717) is 5.82 Å². The summed E-state index contributed by atoms with van der Waals surface area (Å²) in [5.41, 5.74) is 5.38. The topological polar surface area (TPSA) is 85.4 Å². The third kappa shape index (κ3) is 1.57. The summed E-state index contributed by atoms with van der Waals surface area (Å²) in [6.07, 6.45) is 1.21. The van der Waals surface area contributed by atoms with Gasteiger partial charge in [0.25, 0.3) is 0 Å². The van der Waals surface area contributed by atoms with Crippen molar-refractivity contribution >= 4 is 11.7 Å². The number of hydrogen-bond donors (Lipinski definition) is 1. The van der Waals surface area contributed by atoms with E-state index in [-0.39, 0.29) is 5.56 Å². The number of nitrogens with two attached hydrogens (primary N) is 1. The molecular formula is C6H5N3O2. The maximum atomic E-state index is 10.6. The van der Waals surface area contributed by atoms with Crippen molar-refractivity contribution in [1.82, 2.24) is 4.98 Å². The molecule has 1 aromatic heterocycles. The van der Waals surface area contributed by atoms with Crippen LogP contribution in [0.2, 0.25) is 0 Å². The Morgan fingerprint density at radius 3 is 2.73 bits per heavy atom. The summed E-state index contributed by atoms with van der Waals surface area (Å²) in [5, 5.41) is 2.22. The fourth-order valence-electron chi connectivity index (χ4n) is 0.585. The number of anilines is 1. The fraction of sp³-hybridized carbons (Fsp3) is 0. The number of aromatic nitrogens is 1. The van der Waals surface area contributed by atoms with Crippen molar-refractivity contribution in [2.45, 2.75) is 0 Å². The van der Waals surface area contributed by atoms with Gasteiger partial charge in [0.2, 0.25) is 0 Å². The standard InChI is InChI=1S/C6H5N3O2/c7-5-2-1-4(3-8-5)6(10)9-11/h1-3H,(H2,7,8). The molecule has 1 aromatic rings. The van der Waals surface area contributed by atoms with Crippen molar-refractivity contribution in [3.8, 4) is 0 Å². The Morgan fingerprint density at radius 2 is 2.27 bits per heavy atom. The summed E-state index contributed by atoms with van der Waals surface area (Å²) in [6.45, 7) is 0. The van der Waals surface area contributed by atoms with E-state index in [4.69, 9.17) is 5.73 Å². The zero-order valence-corrected chi connectivity index (χ0v) is 5.52. The minimum absolute atomic E-state index is 0.147. The molecule has 0 fully saturated rings. The number of rotatable bonds is 1. The lowest BCUT2D eigenvalue weighted by Gasteiger charge is -1.91. The molecule has 1 heterocycles. The van der Waals surface area contributed by atoms with E-state index in [9.17, 15) is 9.70 Å². The SMILES string of the molecule is Nc1ccc(C(=O)N=O)cn1. The Morgan fingerprint density at radius 1 is 1.55 bits per heavy atom. The van der Waals surface area contributed by atoms with Crippen LogP contribution in [0.15, 0.2) is 23.5 Å². The third-order valence-corrected chi connectivity index (χ3v) is 1.12. The molecule has 0 spiro atoms. The van der Waals surface area contributed by atoms with E-state index < -0.39 is 5.91 Å². The number of nitrogens with zero attached hydrogens (tertiary/aromatic N) is 2. The second-order valence-electron chi connectivity index (χ2n) is 1.87. The molecule has 2 N–H and O–H groups in total. The third-order valence-electron chi connectivity index (χ3n) is 1.12. The van der Waals surface area contributed by atoms with Gasteiger partial charge in [-0.3, -0.25) is 4.79 Å². The summed E-state index contributed by atoms with van der Waals surface area (Å²) in [5.74, 6) is -0.537. The summed E-state index contributed by atoms with van der Waals surface area (Å²) < 4.78 is 0. The summed E-state index contributed by atoms with van der Waals surface area (Å²) in [4.78, 5) is 23.9. The second-order valence-corrected chi connectivity index (χ2v) is 1.87. The number of amides is 1. The molecule has 0 aromatic carbocycles. The van der Waals surface area contributed by atoms with Gasteiger partial charge >= 0.3 is 5.91 Å². The Balaban J connectivity index is 2.98. The van der Waals surface area contributed by atoms with Crippen molar-refractivity contribution in [2.24, 2.45) is 5.18 Å². The second kappa shape index (κ2) is 2.87. The molecule has 0 radical (unpaired) electrons. The van der Waals surface area contributed by atoms with Gasteiger partial charge in [0, 0.05) is 11.4 Å². The Kier molecular flexibility index (Phi) is 1.91. The first-order valence-corrected chi connectivity index (χ1v) is 2.83. The molecule has 56 valence electrons. The average Bonchev–Trinajstić information content (AvgIpc) is 2.05. The first-order valence-electron chi connectivity index (χ1n) is 2.83. The highest BCUT2D eigenvalue weighted by atomic mass is 16.3. The molecule has 11 heavy (non-hydrogen) atoms. The smallest absolute Gasteiger partial charge is 0.318 e. The molecule has 0 bridgehead atoms. The van der Waals surface area contributed by atoms with Crippen LogP contribution in [-0.4, -0.2) is 10.9 Å². The lowest BCUT2D eigenvalue weighted by Crippen LogP contribution is -1.96. The van der Waals surface area contributed by atoms with E-state index in [0.717, 1.165) is 0 Å². The minimum Gasteiger partial charge on any atom is -0.384 e. The van der Waals surface area contributed by atoms with Crippen LogP contribution < -0.4 is 5.73 Å². The van der Waals surface area contributed by atoms with E-state index >= 15 is 0 Å². The molecule has 0 aliphatic heterocycles. The van der Waals surface area contributed by atoms with Gasteiger partial charge < -0.3 is 5.73 Å². The average molecular weight is 151 g/mol. The maximum Gasteiger partial charge on any atom is 0.318 e. The van der Waals surface area contributed by atoms with Crippen molar-refractivity contribution in [1.29, 1.82) is 0 Å². The van der Waals surface area contributed by atoms with Gasteiger partial charge in [-0.1, -0.05) is 0 Å². The molecule has 0 aliphatic carbocycles. The van der Waals surface area contributed by atoms with Crippen molar-refractivity contribution in [3.05, 3.63) is 28.8 Å². The van der Waals surface area contributed by atoms with Crippen molar-refractivity contribution in [3.63, 3.8) is 0 Å². The van der Waals surface area contributed by atoms with Gasteiger partial charge in [-0.25, -0.2) is 4.98 Å². The van der Waals surface area contributed by atoms with Crippen molar-refractivity contribution < 1.29 is 4.79 Å². The van der Waals surface area contributed by atoms with Crippen LogP contribution in [0.5, 0.6) is 0 Å². The van der Waals surface area contributed by atoms with E-state index in [2.05, 4.69) is 10.2 Å². The molecule has 0 saturated heterocycles. The normalized spacial score (nSPS) is 9.09. The number of hydrogen-bond acceptors (Lipinski definition) is 4. The van der Waals surface area contributed by atoms with Crippen LogP contribution in [0, 0.1) is 4.91 Å². The molecule has 1 amide bonds. The van der Waals surface area contributed by atoms with Gasteiger partial charge in [0.1, 0.15) is 5.82 Å². The molecule has 5 nitrogen and oxygen atoms in total. The summed E-state index contributed by atoms with van der Waals surface area (Å²) in [7, 11) is 0. The van der Waals surface area contributed by atoms with Crippen LogP contribution >= 0.6 is 0 Å². The predicted molar refractivity (Wildman–Crippen MR) is 38.8 cm³/mol. The summed E-state index contributed by atoms with van der Waals surface area (Å²) in [6, 6.07) is 2.82. The molecule has 1 rings (SSSR count). The molecule has 0 atom stereocenters. The minimum atomic E-state index is -0.836. The van der Waals surface area contributed by atoms with Gasteiger partial charge in [0.05, 0.1) is 5.56 Å². The van der Waals surface area contributed by atoms with E-state index in [1.54, 1.807) is 0 Å². The Bertz CT molecular complexity index is 280. The van der Waals surface area contributed by atoms with Crippen LogP contribution in [0.25, 0.3) is 0 Å². The largest absolute Gasteiger partial charge is 0.384 e. The number of nitrogen functional groups attached to an aromatic ring is 1. The van der Waals surface area contributed by atoms with Gasteiger partial charge in [-0.15, -0.1) is 4.91 Å². The van der Waals surface area contributed by atoms with E-state index in [1.165, 1.54) is 18.3 Å². The van der Waals surface area contributed by atoms with E-state index in [1.807, 2.05) is 0 Å². The predicted octanol–water partition coefficient (Wildman–Crippen LogP) is 0.570. The molecule has 0 aliphatic rings. The zero-order chi connectivity index (χ0) is 8.27. The van der Waals surface area contributed by atoms with Crippen LogP contribution in [0.1, 0.15) is 10.4 Å². The number of carbonyl (C=O) groups excluding carboxylic acids is 1. The van der Waals surface area contributed by atoms with Crippen LogP contribution in [0.3, 0.4) is 0 Å². The molecule has 5 heteroatoms. The number of pyridine rings is 1. The Labute approximate surface area is 62.2 Å². The fourth-order valence-corrected chi connectivity index (χ4v) is 0.585. The summed E-state index contributed by atoms with van der Waals surface area (Å²) >= 11 is 0. The first kappa shape index (κ1) is 7.33. The maximum absolute atomic E-state index is 10.6. The lowest BCUT2D eigenvalue weighted by molar-refractivity contribution is 0.100. The highest BCUT2D eigenvalue weighted by molar-refractivity contribution is 5.94. The van der Waals surface area contributed by atoms with Crippen LogP contribution in [0.4, 0.5) is 5.82 Å². The van der Waals surface area contributed by atoms with Gasteiger partial charge in [0.15, 0.2) is 0 Å².